The second-order valence-corrected chi connectivity index (χ2v) is 7.19. The molecule has 0 radical (unpaired) electrons. The second-order valence-electron chi connectivity index (χ2n) is 6.78. The van der Waals surface area contributed by atoms with E-state index in [9.17, 15) is 14.4 Å². The van der Waals surface area contributed by atoms with Crippen molar-refractivity contribution in [2.24, 2.45) is 0 Å². The summed E-state index contributed by atoms with van der Waals surface area (Å²) in [6.45, 7) is 5.61. The predicted molar refractivity (Wildman–Crippen MR) is 125 cm³/mol. The largest absolute Gasteiger partial charge is 0.462 e. The highest BCUT2D eigenvalue weighted by Crippen LogP contribution is 2.22. The number of rotatable bonds is 6. The van der Waals surface area contributed by atoms with Crippen molar-refractivity contribution in [1.29, 1.82) is 0 Å². The number of aryl methyl sites for hydroxylation is 1. The highest BCUT2D eigenvalue weighted by Gasteiger charge is 2.15. The third-order valence-electron chi connectivity index (χ3n) is 4.42. The van der Waals surface area contributed by atoms with Gasteiger partial charge in [-0.05, 0) is 68.9 Å². The van der Waals surface area contributed by atoms with E-state index in [1.807, 2.05) is 13.0 Å². The molecule has 0 saturated carbocycles. The van der Waals surface area contributed by atoms with Gasteiger partial charge >= 0.3 is 17.6 Å². The first kappa shape index (κ1) is 23.0. The van der Waals surface area contributed by atoms with E-state index in [1.54, 1.807) is 26.0 Å². The fourth-order valence-corrected chi connectivity index (χ4v) is 3.30. The van der Waals surface area contributed by atoms with E-state index in [1.165, 1.54) is 24.3 Å². The second kappa shape index (κ2) is 10.1. The van der Waals surface area contributed by atoms with Crippen LogP contribution in [0.2, 0.25) is 0 Å². The Morgan fingerprint density at radius 3 is 2.09 bits per heavy atom. The molecule has 0 aliphatic carbocycles. The number of nitrogens with one attached hydrogen (secondary N) is 2. The third kappa shape index (κ3) is 5.50. The maximum absolute atomic E-state index is 12.2. The average Bonchev–Trinajstić information content (AvgIpc) is 2.73. The lowest BCUT2D eigenvalue weighted by Gasteiger charge is -2.13. The monoisotopic (exact) mass is 454 g/mol. The van der Waals surface area contributed by atoms with Gasteiger partial charge in [0, 0.05) is 28.9 Å². The number of hydrogen-bond acceptors (Lipinski definition) is 7. The Hall–Kier alpha value is -3.72. The average molecular weight is 455 g/mol. The van der Waals surface area contributed by atoms with Crippen molar-refractivity contribution in [2.75, 3.05) is 23.8 Å². The van der Waals surface area contributed by atoms with Gasteiger partial charge in [0.2, 0.25) is 0 Å². The van der Waals surface area contributed by atoms with Crippen molar-refractivity contribution in [1.82, 2.24) is 0 Å². The molecule has 0 amide bonds. The molecule has 1 heterocycles. The van der Waals surface area contributed by atoms with Crippen molar-refractivity contribution in [3.8, 4) is 0 Å². The number of thiocarbonyl (C=S) groups is 1. The number of carbonyl (C=O) groups excluding carboxylic acids is 2. The van der Waals surface area contributed by atoms with Gasteiger partial charge in [-0.15, -0.1) is 0 Å². The Morgan fingerprint density at radius 2 is 1.50 bits per heavy atom. The third-order valence-corrected chi connectivity index (χ3v) is 4.63. The van der Waals surface area contributed by atoms with Gasteiger partial charge in [0.05, 0.1) is 24.3 Å². The van der Waals surface area contributed by atoms with Crippen LogP contribution < -0.4 is 16.3 Å². The van der Waals surface area contributed by atoms with Crippen LogP contribution in [-0.4, -0.2) is 30.3 Å². The molecular weight excluding hydrogens is 432 g/mol. The first-order chi connectivity index (χ1) is 15.3. The summed E-state index contributed by atoms with van der Waals surface area (Å²) in [5.41, 5.74) is 2.17. The summed E-state index contributed by atoms with van der Waals surface area (Å²) in [6, 6.07) is 11.2. The highest BCUT2D eigenvalue weighted by atomic mass is 32.1. The Labute approximate surface area is 189 Å². The van der Waals surface area contributed by atoms with Crippen molar-refractivity contribution in [3.05, 3.63) is 69.6 Å². The summed E-state index contributed by atoms with van der Waals surface area (Å²) in [4.78, 5) is 36.0. The van der Waals surface area contributed by atoms with E-state index in [0.29, 0.717) is 17.0 Å². The van der Waals surface area contributed by atoms with Gasteiger partial charge in [-0.2, -0.15) is 0 Å². The first-order valence-electron chi connectivity index (χ1n) is 9.92. The van der Waals surface area contributed by atoms with E-state index in [0.717, 1.165) is 10.9 Å². The lowest BCUT2D eigenvalue weighted by molar-refractivity contribution is 0.0525. The zero-order valence-corrected chi connectivity index (χ0v) is 18.6. The zero-order valence-electron chi connectivity index (χ0n) is 17.8. The van der Waals surface area contributed by atoms with Crippen molar-refractivity contribution in [3.63, 3.8) is 0 Å². The van der Waals surface area contributed by atoms with E-state index in [-0.39, 0.29) is 29.5 Å². The minimum Gasteiger partial charge on any atom is -0.462 e. The molecule has 8 nitrogen and oxygen atoms in total. The predicted octanol–water partition coefficient (Wildman–Crippen LogP) is 4.26. The van der Waals surface area contributed by atoms with Crippen LogP contribution in [-0.2, 0) is 9.47 Å². The zero-order chi connectivity index (χ0) is 23.3. The molecule has 2 N–H and O–H groups in total. The van der Waals surface area contributed by atoms with Gasteiger partial charge < -0.3 is 24.5 Å². The quantitative estimate of drug-likeness (QED) is 0.321. The molecule has 2 aromatic carbocycles. The molecule has 0 aliphatic rings. The fraction of sp³-hybridized carbons (Fsp3) is 0.217. The van der Waals surface area contributed by atoms with Gasteiger partial charge in [0.25, 0.3) is 0 Å². The van der Waals surface area contributed by atoms with Crippen molar-refractivity contribution >= 4 is 51.6 Å². The molecule has 0 atom stereocenters. The molecule has 0 spiro atoms. The molecule has 0 fully saturated rings. The van der Waals surface area contributed by atoms with Gasteiger partial charge in [-0.25, -0.2) is 14.4 Å². The number of hydrogen-bond donors (Lipinski definition) is 2. The normalized spacial score (nSPS) is 10.5. The van der Waals surface area contributed by atoms with Crippen LogP contribution in [0, 0.1) is 6.92 Å². The lowest BCUT2D eigenvalue weighted by atomic mass is 10.1. The molecule has 166 valence electrons. The molecular formula is C23H22N2O6S. The van der Waals surface area contributed by atoms with Gasteiger partial charge in [0.1, 0.15) is 5.58 Å². The minimum absolute atomic E-state index is 0.186. The lowest BCUT2D eigenvalue weighted by Crippen LogP contribution is -2.20. The molecule has 9 heteroatoms. The van der Waals surface area contributed by atoms with E-state index < -0.39 is 17.6 Å². The molecule has 0 unspecified atom stereocenters. The van der Waals surface area contributed by atoms with E-state index in [4.69, 9.17) is 26.1 Å². The van der Waals surface area contributed by atoms with E-state index in [2.05, 4.69) is 10.6 Å². The molecule has 0 aliphatic heterocycles. The summed E-state index contributed by atoms with van der Waals surface area (Å²) in [5, 5.41) is 6.96. The molecule has 3 aromatic rings. The summed E-state index contributed by atoms with van der Waals surface area (Å²) < 4.78 is 15.3. The van der Waals surface area contributed by atoms with Crippen LogP contribution >= 0.6 is 12.2 Å². The molecule has 1 aromatic heterocycles. The summed E-state index contributed by atoms with van der Waals surface area (Å²) in [6.07, 6.45) is 0. The Balaban J connectivity index is 1.84. The number of benzene rings is 2. The van der Waals surface area contributed by atoms with Crippen LogP contribution in [0.4, 0.5) is 11.4 Å². The van der Waals surface area contributed by atoms with Gasteiger partial charge in [0.15, 0.2) is 5.11 Å². The van der Waals surface area contributed by atoms with Crippen molar-refractivity contribution in [2.45, 2.75) is 20.8 Å². The van der Waals surface area contributed by atoms with E-state index >= 15 is 0 Å². The number of fused-ring (bicyclic) bond motifs is 1. The van der Waals surface area contributed by atoms with Gasteiger partial charge in [-0.1, -0.05) is 0 Å². The smallest absolute Gasteiger partial charge is 0.338 e. The van der Waals surface area contributed by atoms with Crippen LogP contribution in [0.5, 0.6) is 0 Å². The number of ether oxygens (including phenoxy) is 2. The van der Waals surface area contributed by atoms with Crippen LogP contribution in [0.3, 0.4) is 0 Å². The maximum Gasteiger partial charge on any atom is 0.338 e. The topological polar surface area (TPSA) is 107 Å². The molecule has 3 rings (SSSR count). The molecule has 32 heavy (non-hydrogen) atoms. The van der Waals surface area contributed by atoms with Crippen LogP contribution in [0.1, 0.15) is 40.1 Å². The molecule has 0 saturated heterocycles. The Kier molecular flexibility index (Phi) is 7.21. The minimum atomic E-state index is -0.569. The first-order valence-corrected chi connectivity index (χ1v) is 10.3. The molecule has 0 bridgehead atoms. The summed E-state index contributed by atoms with van der Waals surface area (Å²) >= 11 is 5.37. The number of esters is 2. The van der Waals surface area contributed by atoms with Gasteiger partial charge in [-0.3, -0.25) is 0 Å². The summed E-state index contributed by atoms with van der Waals surface area (Å²) in [7, 11) is 0. The highest BCUT2D eigenvalue weighted by molar-refractivity contribution is 7.80. The van der Waals surface area contributed by atoms with Crippen LogP contribution in [0.25, 0.3) is 11.0 Å². The van der Waals surface area contributed by atoms with Crippen LogP contribution in [0.15, 0.2) is 51.7 Å². The number of anilines is 2. The SMILES string of the molecule is CCOC(=O)c1cc(NC(=S)Nc2ccc3c(C)cc(=O)oc3c2)cc(C(=O)OCC)c1. The number of carbonyl (C=O) groups is 2. The fourth-order valence-electron chi connectivity index (χ4n) is 3.06. The summed E-state index contributed by atoms with van der Waals surface area (Å²) in [5.74, 6) is -1.14. The van der Waals surface area contributed by atoms with Crippen molar-refractivity contribution < 1.29 is 23.5 Å². The standard InChI is InChI=1S/C23H22N2O6S/c1-4-29-21(27)14-9-15(22(28)30-5-2)11-17(10-14)25-23(32)24-16-6-7-18-13(3)8-20(26)31-19(18)12-16/h6-12H,4-5H2,1-3H3,(H2,24,25,32). The Morgan fingerprint density at radius 1 is 0.906 bits per heavy atom. The maximum atomic E-state index is 12.2. The Bertz CT molecular complexity index is 1210.